The SMILES string of the molecule is CC(C)(C)CCOCC1CCC(C(=O)O)O1. The molecule has 0 bridgehead atoms. The van der Waals surface area contributed by atoms with E-state index >= 15 is 0 Å². The van der Waals surface area contributed by atoms with Crippen molar-refractivity contribution in [3.8, 4) is 0 Å². The first-order valence-electron chi connectivity index (χ1n) is 5.84. The molecule has 1 rings (SSSR count). The number of carboxylic acid groups (broad SMARTS) is 1. The fourth-order valence-corrected chi connectivity index (χ4v) is 1.60. The van der Waals surface area contributed by atoms with Crippen molar-refractivity contribution in [2.24, 2.45) is 5.41 Å². The van der Waals surface area contributed by atoms with Crippen molar-refractivity contribution < 1.29 is 19.4 Å². The van der Waals surface area contributed by atoms with Crippen molar-refractivity contribution in [1.82, 2.24) is 0 Å². The van der Waals surface area contributed by atoms with Crippen molar-refractivity contribution in [3.05, 3.63) is 0 Å². The summed E-state index contributed by atoms with van der Waals surface area (Å²) in [6.45, 7) is 7.73. The molecule has 1 fully saturated rings. The van der Waals surface area contributed by atoms with E-state index in [1.165, 1.54) is 0 Å². The second-order valence-electron chi connectivity index (χ2n) is 5.55. The maximum atomic E-state index is 10.6. The average molecular weight is 230 g/mol. The molecular weight excluding hydrogens is 208 g/mol. The quantitative estimate of drug-likeness (QED) is 0.735. The van der Waals surface area contributed by atoms with Crippen LogP contribution >= 0.6 is 0 Å². The molecule has 94 valence electrons. The van der Waals surface area contributed by atoms with Gasteiger partial charge in [0.1, 0.15) is 0 Å². The van der Waals surface area contributed by atoms with E-state index in [0.29, 0.717) is 19.6 Å². The molecule has 0 aromatic rings. The zero-order valence-corrected chi connectivity index (χ0v) is 10.4. The summed E-state index contributed by atoms with van der Waals surface area (Å²) in [5.41, 5.74) is 0.278. The van der Waals surface area contributed by atoms with Crippen LogP contribution in [-0.2, 0) is 14.3 Å². The second-order valence-corrected chi connectivity index (χ2v) is 5.55. The fraction of sp³-hybridized carbons (Fsp3) is 0.917. The predicted octanol–water partition coefficient (Wildman–Crippen LogP) is 2.07. The number of rotatable bonds is 5. The molecule has 0 radical (unpaired) electrons. The molecular formula is C12H22O4. The van der Waals surface area contributed by atoms with Crippen LogP contribution in [0, 0.1) is 5.41 Å². The monoisotopic (exact) mass is 230 g/mol. The Bertz CT molecular complexity index is 232. The molecule has 0 aromatic heterocycles. The average Bonchev–Trinajstić information content (AvgIpc) is 2.59. The van der Waals surface area contributed by atoms with E-state index in [4.69, 9.17) is 14.6 Å². The minimum Gasteiger partial charge on any atom is -0.479 e. The van der Waals surface area contributed by atoms with Gasteiger partial charge in [0.25, 0.3) is 0 Å². The fourth-order valence-electron chi connectivity index (χ4n) is 1.60. The molecule has 1 heterocycles. The van der Waals surface area contributed by atoms with Gasteiger partial charge in [0.15, 0.2) is 6.10 Å². The molecule has 1 aliphatic rings. The lowest BCUT2D eigenvalue weighted by Gasteiger charge is -2.18. The largest absolute Gasteiger partial charge is 0.479 e. The van der Waals surface area contributed by atoms with Crippen molar-refractivity contribution in [2.45, 2.75) is 52.2 Å². The lowest BCUT2D eigenvalue weighted by atomic mass is 9.93. The van der Waals surface area contributed by atoms with Crippen molar-refractivity contribution >= 4 is 5.97 Å². The lowest BCUT2D eigenvalue weighted by Crippen LogP contribution is -2.23. The summed E-state index contributed by atoms with van der Waals surface area (Å²) in [6, 6.07) is 0. The molecule has 1 aliphatic heterocycles. The van der Waals surface area contributed by atoms with Crippen molar-refractivity contribution in [2.75, 3.05) is 13.2 Å². The van der Waals surface area contributed by atoms with Crippen molar-refractivity contribution in [3.63, 3.8) is 0 Å². The molecule has 0 aliphatic carbocycles. The zero-order valence-electron chi connectivity index (χ0n) is 10.4. The summed E-state index contributed by atoms with van der Waals surface area (Å²) >= 11 is 0. The van der Waals surface area contributed by atoms with Gasteiger partial charge in [-0.3, -0.25) is 0 Å². The van der Waals surface area contributed by atoms with Gasteiger partial charge in [0.05, 0.1) is 12.7 Å². The smallest absolute Gasteiger partial charge is 0.332 e. The Balaban J connectivity index is 2.09. The maximum Gasteiger partial charge on any atom is 0.332 e. The highest BCUT2D eigenvalue weighted by Crippen LogP contribution is 2.21. The van der Waals surface area contributed by atoms with E-state index in [1.807, 2.05) is 0 Å². The van der Waals surface area contributed by atoms with E-state index in [2.05, 4.69) is 20.8 Å². The zero-order chi connectivity index (χ0) is 12.2. The third kappa shape index (κ3) is 4.94. The Kier molecular flexibility index (Phi) is 4.74. The van der Waals surface area contributed by atoms with Gasteiger partial charge in [-0.05, 0) is 24.7 Å². The van der Waals surface area contributed by atoms with E-state index in [1.54, 1.807) is 0 Å². The van der Waals surface area contributed by atoms with Gasteiger partial charge < -0.3 is 14.6 Å². The molecule has 0 aromatic carbocycles. The third-order valence-corrected chi connectivity index (χ3v) is 2.68. The first-order chi connectivity index (χ1) is 7.38. The number of aliphatic carboxylic acids is 1. The Morgan fingerprint density at radius 2 is 2.12 bits per heavy atom. The van der Waals surface area contributed by atoms with Gasteiger partial charge in [-0.15, -0.1) is 0 Å². The Labute approximate surface area is 96.9 Å². The van der Waals surface area contributed by atoms with Gasteiger partial charge >= 0.3 is 5.97 Å². The maximum absolute atomic E-state index is 10.6. The predicted molar refractivity (Wildman–Crippen MR) is 60.4 cm³/mol. The van der Waals surface area contributed by atoms with E-state index in [-0.39, 0.29) is 11.5 Å². The summed E-state index contributed by atoms with van der Waals surface area (Å²) in [5, 5.41) is 8.74. The molecule has 0 spiro atoms. The standard InChI is InChI=1S/C12H22O4/c1-12(2,3)6-7-15-8-9-4-5-10(16-9)11(13)14/h9-10H,4-8H2,1-3H3,(H,13,14). The Morgan fingerprint density at radius 3 is 2.62 bits per heavy atom. The Hall–Kier alpha value is -0.610. The van der Waals surface area contributed by atoms with Crippen LogP contribution in [0.3, 0.4) is 0 Å². The first kappa shape index (κ1) is 13.5. The molecule has 16 heavy (non-hydrogen) atoms. The van der Waals surface area contributed by atoms with Crippen LogP contribution in [0.1, 0.15) is 40.0 Å². The molecule has 1 N–H and O–H groups in total. The molecule has 4 heteroatoms. The highest BCUT2D eigenvalue weighted by atomic mass is 16.6. The molecule has 0 amide bonds. The summed E-state index contributed by atoms with van der Waals surface area (Å²) in [7, 11) is 0. The van der Waals surface area contributed by atoms with Crippen molar-refractivity contribution in [1.29, 1.82) is 0 Å². The van der Waals surface area contributed by atoms with Crippen LogP contribution in [0.15, 0.2) is 0 Å². The summed E-state index contributed by atoms with van der Waals surface area (Å²) in [5.74, 6) is -0.864. The number of ether oxygens (including phenoxy) is 2. The summed E-state index contributed by atoms with van der Waals surface area (Å²) in [4.78, 5) is 10.6. The lowest BCUT2D eigenvalue weighted by molar-refractivity contribution is -0.150. The van der Waals surface area contributed by atoms with Gasteiger partial charge in [-0.25, -0.2) is 4.79 Å². The molecule has 4 nitrogen and oxygen atoms in total. The van der Waals surface area contributed by atoms with Crippen LogP contribution in [0.4, 0.5) is 0 Å². The van der Waals surface area contributed by atoms with Crippen LogP contribution in [0.2, 0.25) is 0 Å². The highest BCUT2D eigenvalue weighted by molar-refractivity contribution is 5.72. The van der Waals surface area contributed by atoms with E-state index in [9.17, 15) is 4.79 Å². The summed E-state index contributed by atoms with van der Waals surface area (Å²) in [6.07, 6.45) is 1.72. The molecule has 2 atom stereocenters. The van der Waals surface area contributed by atoms with Gasteiger partial charge in [-0.1, -0.05) is 20.8 Å². The normalized spacial score (nSPS) is 25.9. The summed E-state index contributed by atoms with van der Waals surface area (Å²) < 4.78 is 10.8. The molecule has 1 saturated heterocycles. The van der Waals surface area contributed by atoms with Crippen LogP contribution in [0.5, 0.6) is 0 Å². The van der Waals surface area contributed by atoms with Gasteiger partial charge in [-0.2, -0.15) is 0 Å². The molecule has 0 saturated carbocycles. The number of carbonyl (C=O) groups is 1. The van der Waals surface area contributed by atoms with Crippen LogP contribution in [0.25, 0.3) is 0 Å². The van der Waals surface area contributed by atoms with Gasteiger partial charge in [0, 0.05) is 6.61 Å². The van der Waals surface area contributed by atoms with Crippen LogP contribution in [-0.4, -0.2) is 36.5 Å². The minimum atomic E-state index is -0.864. The number of carboxylic acids is 1. The van der Waals surface area contributed by atoms with Gasteiger partial charge in [0.2, 0.25) is 0 Å². The molecule has 2 unspecified atom stereocenters. The van der Waals surface area contributed by atoms with E-state index < -0.39 is 12.1 Å². The second kappa shape index (κ2) is 5.64. The highest BCUT2D eigenvalue weighted by Gasteiger charge is 2.30. The topological polar surface area (TPSA) is 55.8 Å². The Morgan fingerprint density at radius 1 is 1.44 bits per heavy atom. The van der Waals surface area contributed by atoms with Crippen LogP contribution < -0.4 is 0 Å². The van der Waals surface area contributed by atoms with E-state index in [0.717, 1.165) is 12.8 Å². The number of hydrogen-bond donors (Lipinski definition) is 1. The minimum absolute atomic E-state index is 0.0407. The third-order valence-electron chi connectivity index (χ3n) is 2.68. The first-order valence-corrected chi connectivity index (χ1v) is 5.84. The number of hydrogen-bond acceptors (Lipinski definition) is 3.